The summed E-state index contributed by atoms with van der Waals surface area (Å²) in [4.78, 5) is 29.2. The molecule has 1 aromatic heterocycles. The molecule has 7 nitrogen and oxygen atoms in total. The van der Waals surface area contributed by atoms with E-state index in [0.717, 1.165) is 6.42 Å². The van der Waals surface area contributed by atoms with E-state index >= 15 is 0 Å². The molecule has 0 unspecified atom stereocenters. The Balaban J connectivity index is 2.73. The number of hydrogen-bond acceptors (Lipinski definition) is 6. The molecule has 1 amide bonds. The Hall–Kier alpha value is -1.89. The normalized spacial score (nSPS) is 10.7. The van der Waals surface area contributed by atoms with Crippen molar-refractivity contribution in [2.24, 2.45) is 5.92 Å². The molecule has 1 heterocycles. The summed E-state index contributed by atoms with van der Waals surface area (Å²) in [5.74, 6) is -0.376. The Morgan fingerprint density at radius 3 is 2.67 bits per heavy atom. The molecule has 0 fully saturated rings. The van der Waals surface area contributed by atoms with E-state index in [1.807, 2.05) is 13.8 Å². The van der Waals surface area contributed by atoms with Gasteiger partial charge in [0, 0.05) is 26.2 Å². The molecule has 0 saturated carbocycles. The predicted molar refractivity (Wildman–Crippen MR) is 74.6 cm³/mol. The fourth-order valence-corrected chi connectivity index (χ4v) is 1.78. The van der Waals surface area contributed by atoms with Gasteiger partial charge >= 0.3 is 5.97 Å². The van der Waals surface area contributed by atoms with E-state index in [0.29, 0.717) is 19.0 Å². The van der Waals surface area contributed by atoms with E-state index in [4.69, 9.17) is 9.15 Å². The summed E-state index contributed by atoms with van der Waals surface area (Å²) in [5, 5.41) is 0. The lowest BCUT2D eigenvalue weighted by Crippen LogP contribution is -2.35. The molecule has 0 saturated heterocycles. The smallest absolute Gasteiger partial charge is 0.360 e. The molecule has 7 heteroatoms. The van der Waals surface area contributed by atoms with E-state index in [9.17, 15) is 9.59 Å². The van der Waals surface area contributed by atoms with Gasteiger partial charge < -0.3 is 18.8 Å². The molecule has 0 aromatic carbocycles. The molecule has 0 aliphatic carbocycles. The van der Waals surface area contributed by atoms with Crippen LogP contribution < -0.4 is 0 Å². The third-order valence-electron chi connectivity index (χ3n) is 2.85. The van der Waals surface area contributed by atoms with Crippen molar-refractivity contribution in [1.29, 1.82) is 0 Å². The highest BCUT2D eigenvalue weighted by atomic mass is 16.5. The van der Waals surface area contributed by atoms with Gasteiger partial charge in [-0.25, -0.2) is 9.78 Å². The van der Waals surface area contributed by atoms with Gasteiger partial charge in [-0.2, -0.15) is 0 Å². The van der Waals surface area contributed by atoms with Gasteiger partial charge in [-0.1, -0.05) is 13.8 Å². The molecular formula is C14H22N2O5. The van der Waals surface area contributed by atoms with E-state index in [2.05, 4.69) is 9.72 Å². The van der Waals surface area contributed by atoms with E-state index in [1.165, 1.54) is 13.4 Å². The van der Waals surface area contributed by atoms with Crippen molar-refractivity contribution in [3.8, 4) is 0 Å². The zero-order chi connectivity index (χ0) is 15.8. The Bertz CT molecular complexity index is 470. The first-order chi connectivity index (χ1) is 9.99. The van der Waals surface area contributed by atoms with Crippen molar-refractivity contribution in [3.05, 3.63) is 17.8 Å². The maximum atomic E-state index is 12.2. The minimum atomic E-state index is -0.564. The van der Waals surface area contributed by atoms with E-state index < -0.39 is 5.97 Å². The van der Waals surface area contributed by atoms with Crippen LogP contribution in [0.25, 0.3) is 0 Å². The average molecular weight is 298 g/mol. The van der Waals surface area contributed by atoms with Crippen molar-refractivity contribution in [2.75, 3.05) is 27.4 Å². The highest BCUT2D eigenvalue weighted by molar-refractivity contribution is 5.86. The minimum absolute atomic E-state index is 0.00363. The first-order valence-electron chi connectivity index (χ1n) is 6.80. The number of esters is 1. The van der Waals surface area contributed by atoms with Crippen molar-refractivity contribution in [2.45, 2.75) is 26.8 Å². The van der Waals surface area contributed by atoms with Gasteiger partial charge in [-0.15, -0.1) is 0 Å². The highest BCUT2D eigenvalue weighted by Gasteiger charge is 2.20. The fourth-order valence-electron chi connectivity index (χ4n) is 1.78. The van der Waals surface area contributed by atoms with Crippen LogP contribution >= 0.6 is 0 Å². The highest BCUT2D eigenvalue weighted by Crippen LogP contribution is 2.10. The molecular weight excluding hydrogens is 276 g/mol. The van der Waals surface area contributed by atoms with Crippen LogP contribution in [0.15, 0.2) is 10.7 Å². The molecule has 0 spiro atoms. The second kappa shape index (κ2) is 8.41. The van der Waals surface area contributed by atoms with E-state index in [1.54, 1.807) is 12.0 Å². The van der Waals surface area contributed by atoms with Crippen LogP contribution in [0, 0.1) is 5.92 Å². The molecule has 0 bridgehead atoms. The largest absolute Gasteiger partial charge is 0.464 e. The van der Waals surface area contributed by atoms with Gasteiger partial charge in [-0.05, 0) is 6.42 Å². The second-order valence-corrected chi connectivity index (χ2v) is 4.88. The van der Waals surface area contributed by atoms with Crippen LogP contribution in [0.1, 0.15) is 36.6 Å². The van der Waals surface area contributed by atoms with Crippen LogP contribution in [0.5, 0.6) is 0 Å². The SMILES string of the molecule is COCCCN(Cc1nc(C(=O)OC)co1)C(=O)C(C)C. The van der Waals surface area contributed by atoms with E-state index in [-0.39, 0.29) is 24.1 Å². The number of methoxy groups -OCH3 is 2. The Kier molecular flexibility index (Phi) is 6.87. The van der Waals surface area contributed by atoms with Crippen molar-refractivity contribution in [1.82, 2.24) is 9.88 Å². The number of oxazole rings is 1. The summed E-state index contributed by atoms with van der Waals surface area (Å²) in [6.45, 7) is 5.00. The summed E-state index contributed by atoms with van der Waals surface area (Å²) in [6.07, 6.45) is 1.95. The number of carbonyl (C=O) groups is 2. The van der Waals surface area contributed by atoms with Crippen molar-refractivity contribution in [3.63, 3.8) is 0 Å². The zero-order valence-corrected chi connectivity index (χ0v) is 12.9. The van der Waals surface area contributed by atoms with Gasteiger partial charge in [0.25, 0.3) is 0 Å². The molecule has 0 aliphatic rings. The summed E-state index contributed by atoms with van der Waals surface area (Å²) >= 11 is 0. The number of aromatic nitrogens is 1. The molecule has 118 valence electrons. The summed E-state index contributed by atoms with van der Waals surface area (Å²) < 4.78 is 14.8. The van der Waals surface area contributed by atoms with Crippen LogP contribution in [0.4, 0.5) is 0 Å². The van der Waals surface area contributed by atoms with Crippen molar-refractivity contribution >= 4 is 11.9 Å². The molecule has 21 heavy (non-hydrogen) atoms. The molecule has 0 aliphatic heterocycles. The Labute approximate surface area is 124 Å². The minimum Gasteiger partial charge on any atom is -0.464 e. The van der Waals surface area contributed by atoms with Crippen molar-refractivity contribution < 1.29 is 23.5 Å². The number of nitrogens with zero attached hydrogens (tertiary/aromatic N) is 2. The Morgan fingerprint density at radius 1 is 1.38 bits per heavy atom. The quantitative estimate of drug-likeness (QED) is 0.534. The third kappa shape index (κ3) is 5.18. The van der Waals surface area contributed by atoms with Crippen LogP contribution in [0.3, 0.4) is 0 Å². The number of ether oxygens (including phenoxy) is 2. The number of amides is 1. The molecule has 1 aromatic rings. The summed E-state index contributed by atoms with van der Waals surface area (Å²) in [6, 6.07) is 0. The van der Waals surface area contributed by atoms with Gasteiger partial charge in [0.05, 0.1) is 13.7 Å². The summed E-state index contributed by atoms with van der Waals surface area (Å²) in [7, 11) is 2.89. The molecule has 0 atom stereocenters. The lowest BCUT2D eigenvalue weighted by atomic mass is 10.2. The maximum absolute atomic E-state index is 12.2. The summed E-state index contributed by atoms with van der Waals surface area (Å²) in [5.41, 5.74) is 0.0985. The molecule has 0 radical (unpaired) electrons. The lowest BCUT2D eigenvalue weighted by Gasteiger charge is -2.23. The van der Waals surface area contributed by atoms with Gasteiger partial charge in [0.15, 0.2) is 5.69 Å². The number of carbonyl (C=O) groups excluding carboxylic acids is 2. The van der Waals surface area contributed by atoms with Gasteiger partial charge in [0.2, 0.25) is 11.8 Å². The first-order valence-corrected chi connectivity index (χ1v) is 6.80. The van der Waals surface area contributed by atoms with Gasteiger partial charge in [0.1, 0.15) is 6.26 Å². The molecule has 0 N–H and O–H groups in total. The second-order valence-electron chi connectivity index (χ2n) is 4.88. The van der Waals surface area contributed by atoms with Gasteiger partial charge in [-0.3, -0.25) is 4.79 Å². The monoisotopic (exact) mass is 298 g/mol. The Morgan fingerprint density at radius 2 is 2.10 bits per heavy atom. The number of rotatable bonds is 8. The predicted octanol–water partition coefficient (Wildman–Crippen LogP) is 1.48. The first kappa shape index (κ1) is 17.2. The van der Waals surface area contributed by atoms with Crippen LogP contribution in [-0.2, 0) is 20.8 Å². The average Bonchev–Trinajstić information content (AvgIpc) is 2.93. The zero-order valence-electron chi connectivity index (χ0n) is 12.9. The third-order valence-corrected chi connectivity index (χ3v) is 2.85. The van der Waals surface area contributed by atoms with Crippen LogP contribution in [-0.4, -0.2) is 49.1 Å². The maximum Gasteiger partial charge on any atom is 0.360 e. The topological polar surface area (TPSA) is 81.9 Å². The van der Waals surface area contributed by atoms with Crippen LogP contribution in [0.2, 0.25) is 0 Å². The lowest BCUT2D eigenvalue weighted by molar-refractivity contribution is -0.135. The standard InChI is InChI=1S/C14H22N2O5/c1-10(2)13(17)16(6-5-7-19-3)8-12-15-11(9-21-12)14(18)20-4/h9-10H,5-8H2,1-4H3. The fraction of sp³-hybridized carbons (Fsp3) is 0.643. The molecule has 1 rings (SSSR count). The number of hydrogen-bond donors (Lipinski definition) is 0.